The monoisotopic (exact) mass is 377 g/mol. The highest BCUT2D eigenvalue weighted by Crippen LogP contribution is 2.29. The van der Waals surface area contributed by atoms with Crippen molar-refractivity contribution in [3.05, 3.63) is 84.2 Å². The summed E-state index contributed by atoms with van der Waals surface area (Å²) in [6, 6.07) is 20.9. The minimum absolute atomic E-state index is 0.0707. The van der Waals surface area contributed by atoms with Crippen LogP contribution >= 0.6 is 0 Å². The SMILES string of the molecule is CC(C)(CC(=O)Nc1ccc(O)cc1)Cc1ccc(-c2ccccc2F)cc1. The van der Waals surface area contributed by atoms with Gasteiger partial charge in [-0.1, -0.05) is 56.3 Å². The van der Waals surface area contributed by atoms with Crippen molar-refractivity contribution in [2.75, 3.05) is 5.32 Å². The lowest BCUT2D eigenvalue weighted by Gasteiger charge is -2.24. The minimum atomic E-state index is -0.236. The molecule has 2 N–H and O–H groups in total. The van der Waals surface area contributed by atoms with Gasteiger partial charge in [-0.05, 0) is 53.3 Å². The van der Waals surface area contributed by atoms with Crippen molar-refractivity contribution in [1.29, 1.82) is 0 Å². The number of phenolic OH excluding ortho intramolecular Hbond substituents is 1. The van der Waals surface area contributed by atoms with E-state index in [-0.39, 0.29) is 22.9 Å². The van der Waals surface area contributed by atoms with Crippen molar-refractivity contribution in [2.45, 2.75) is 26.7 Å². The van der Waals surface area contributed by atoms with Gasteiger partial charge in [0.2, 0.25) is 5.91 Å². The van der Waals surface area contributed by atoms with E-state index in [0.29, 0.717) is 17.7 Å². The summed E-state index contributed by atoms with van der Waals surface area (Å²) < 4.78 is 13.9. The van der Waals surface area contributed by atoms with E-state index >= 15 is 0 Å². The van der Waals surface area contributed by atoms with Crippen molar-refractivity contribution < 1.29 is 14.3 Å². The number of carbonyl (C=O) groups is 1. The number of phenols is 1. The standard InChI is InChI=1S/C24H24FNO2/c1-24(2,16-23(28)26-19-11-13-20(27)14-12-19)15-17-7-9-18(10-8-17)21-5-3-4-6-22(21)25/h3-14,27H,15-16H2,1-2H3,(H,26,28). The van der Waals surface area contributed by atoms with E-state index in [1.165, 1.54) is 18.2 Å². The fourth-order valence-corrected chi connectivity index (χ4v) is 3.30. The van der Waals surface area contributed by atoms with Crippen molar-refractivity contribution in [3.63, 3.8) is 0 Å². The Morgan fingerprint density at radius 1 is 0.964 bits per heavy atom. The second-order valence-corrected chi connectivity index (χ2v) is 7.79. The Kier molecular flexibility index (Phi) is 5.78. The van der Waals surface area contributed by atoms with Gasteiger partial charge in [0.1, 0.15) is 11.6 Å². The maximum Gasteiger partial charge on any atom is 0.224 e. The molecule has 3 nitrogen and oxygen atoms in total. The molecule has 0 aliphatic rings. The van der Waals surface area contributed by atoms with Gasteiger partial charge in [0.15, 0.2) is 0 Å². The summed E-state index contributed by atoms with van der Waals surface area (Å²) in [5.74, 6) is -0.141. The van der Waals surface area contributed by atoms with Crippen molar-refractivity contribution in [2.24, 2.45) is 5.41 Å². The highest BCUT2D eigenvalue weighted by molar-refractivity contribution is 5.91. The molecule has 0 saturated heterocycles. The number of carbonyl (C=O) groups excluding carboxylic acids is 1. The molecule has 0 aromatic heterocycles. The summed E-state index contributed by atoms with van der Waals surface area (Å²) in [6.07, 6.45) is 1.09. The average molecular weight is 377 g/mol. The number of halogens is 1. The van der Waals surface area contributed by atoms with Crippen LogP contribution in [0.4, 0.5) is 10.1 Å². The number of hydrogen-bond donors (Lipinski definition) is 2. The Bertz CT molecular complexity index is 947. The number of anilines is 1. The molecule has 28 heavy (non-hydrogen) atoms. The predicted octanol–water partition coefficient (Wildman–Crippen LogP) is 5.80. The van der Waals surface area contributed by atoms with Gasteiger partial charge < -0.3 is 10.4 Å². The van der Waals surface area contributed by atoms with E-state index in [9.17, 15) is 14.3 Å². The summed E-state index contributed by atoms with van der Waals surface area (Å²) in [6.45, 7) is 4.10. The summed E-state index contributed by atoms with van der Waals surface area (Å²) in [5, 5.41) is 12.2. The van der Waals surface area contributed by atoms with Crippen LogP contribution in [0.15, 0.2) is 72.8 Å². The van der Waals surface area contributed by atoms with Crippen LogP contribution in [-0.4, -0.2) is 11.0 Å². The van der Waals surface area contributed by atoms with Crippen LogP contribution < -0.4 is 5.32 Å². The lowest BCUT2D eigenvalue weighted by atomic mass is 9.82. The third kappa shape index (κ3) is 5.19. The molecule has 3 rings (SSSR count). The number of aromatic hydroxyl groups is 1. The van der Waals surface area contributed by atoms with E-state index in [1.54, 1.807) is 24.3 Å². The van der Waals surface area contributed by atoms with Crippen LogP contribution in [0.5, 0.6) is 5.75 Å². The lowest BCUT2D eigenvalue weighted by molar-refractivity contribution is -0.118. The topological polar surface area (TPSA) is 49.3 Å². The van der Waals surface area contributed by atoms with Gasteiger partial charge in [-0.15, -0.1) is 0 Å². The largest absolute Gasteiger partial charge is 0.508 e. The summed E-state index contributed by atoms with van der Waals surface area (Å²) in [5.41, 5.74) is 2.95. The van der Waals surface area contributed by atoms with Crippen molar-refractivity contribution in [3.8, 4) is 16.9 Å². The molecule has 0 bridgehead atoms. The molecule has 0 aliphatic heterocycles. The number of rotatable bonds is 6. The quantitative estimate of drug-likeness (QED) is 0.534. The van der Waals surface area contributed by atoms with Gasteiger partial charge in [-0.3, -0.25) is 4.79 Å². The zero-order chi connectivity index (χ0) is 20.1. The van der Waals surface area contributed by atoms with Gasteiger partial charge in [-0.25, -0.2) is 4.39 Å². The third-order valence-electron chi connectivity index (χ3n) is 4.61. The van der Waals surface area contributed by atoms with Crippen LogP contribution in [0, 0.1) is 11.2 Å². The molecule has 3 aromatic carbocycles. The average Bonchev–Trinajstić information content (AvgIpc) is 2.64. The van der Waals surface area contributed by atoms with Crippen LogP contribution in [0.25, 0.3) is 11.1 Å². The first-order chi connectivity index (χ1) is 13.3. The summed E-state index contributed by atoms with van der Waals surface area (Å²) in [4.78, 5) is 12.4. The number of benzene rings is 3. The van der Waals surface area contributed by atoms with Crippen LogP contribution in [0.1, 0.15) is 25.8 Å². The smallest absolute Gasteiger partial charge is 0.224 e. The van der Waals surface area contributed by atoms with Gasteiger partial charge >= 0.3 is 0 Å². The molecule has 3 aromatic rings. The zero-order valence-corrected chi connectivity index (χ0v) is 16.1. The third-order valence-corrected chi connectivity index (χ3v) is 4.61. The molecule has 0 atom stereocenters. The lowest BCUT2D eigenvalue weighted by Crippen LogP contribution is -2.24. The highest BCUT2D eigenvalue weighted by Gasteiger charge is 2.23. The Balaban J connectivity index is 1.62. The molecule has 0 fully saturated rings. The van der Waals surface area contributed by atoms with E-state index < -0.39 is 0 Å². The van der Waals surface area contributed by atoms with E-state index in [1.807, 2.05) is 44.2 Å². The Morgan fingerprint density at radius 3 is 2.25 bits per heavy atom. The molecule has 0 spiro atoms. The number of nitrogens with one attached hydrogen (secondary N) is 1. The van der Waals surface area contributed by atoms with Gasteiger partial charge in [0.05, 0.1) is 0 Å². The molecule has 0 radical (unpaired) electrons. The number of amides is 1. The predicted molar refractivity (Wildman–Crippen MR) is 111 cm³/mol. The second kappa shape index (κ2) is 8.26. The van der Waals surface area contributed by atoms with Crippen LogP contribution in [0.3, 0.4) is 0 Å². The van der Waals surface area contributed by atoms with E-state index in [2.05, 4.69) is 5.32 Å². The minimum Gasteiger partial charge on any atom is -0.508 e. The van der Waals surface area contributed by atoms with Crippen molar-refractivity contribution >= 4 is 11.6 Å². The molecule has 0 heterocycles. The molecular weight excluding hydrogens is 353 g/mol. The first kappa shape index (κ1) is 19.6. The molecule has 144 valence electrons. The van der Waals surface area contributed by atoms with Gasteiger partial charge in [-0.2, -0.15) is 0 Å². The molecular formula is C24H24FNO2. The first-order valence-electron chi connectivity index (χ1n) is 9.25. The molecule has 0 aliphatic carbocycles. The molecule has 4 heteroatoms. The van der Waals surface area contributed by atoms with E-state index in [0.717, 1.165) is 17.5 Å². The second-order valence-electron chi connectivity index (χ2n) is 7.79. The van der Waals surface area contributed by atoms with Gasteiger partial charge in [0.25, 0.3) is 0 Å². The summed E-state index contributed by atoms with van der Waals surface area (Å²) >= 11 is 0. The van der Waals surface area contributed by atoms with E-state index in [4.69, 9.17) is 0 Å². The van der Waals surface area contributed by atoms with Crippen molar-refractivity contribution in [1.82, 2.24) is 0 Å². The van der Waals surface area contributed by atoms with Crippen LogP contribution in [0.2, 0.25) is 0 Å². The fourth-order valence-electron chi connectivity index (χ4n) is 3.30. The van der Waals surface area contributed by atoms with Gasteiger partial charge in [0, 0.05) is 17.7 Å². The highest BCUT2D eigenvalue weighted by atomic mass is 19.1. The first-order valence-corrected chi connectivity index (χ1v) is 9.25. The molecule has 0 saturated carbocycles. The maximum atomic E-state index is 13.9. The normalized spacial score (nSPS) is 11.2. The fraction of sp³-hybridized carbons (Fsp3) is 0.208. The Morgan fingerprint density at radius 2 is 1.61 bits per heavy atom. The maximum absolute atomic E-state index is 13.9. The molecule has 1 amide bonds. The Labute approximate surface area is 164 Å². The Hall–Kier alpha value is -3.14. The van der Waals surface area contributed by atoms with Crippen LogP contribution in [-0.2, 0) is 11.2 Å². The number of hydrogen-bond acceptors (Lipinski definition) is 2. The molecule has 0 unspecified atom stereocenters. The summed E-state index contributed by atoms with van der Waals surface area (Å²) in [7, 11) is 0. The zero-order valence-electron chi connectivity index (χ0n) is 16.1.